The fourth-order valence-electron chi connectivity index (χ4n) is 1.90. The van der Waals surface area contributed by atoms with Crippen LogP contribution in [0.3, 0.4) is 0 Å². The number of nitrogen functional groups attached to an aromatic ring is 1. The van der Waals surface area contributed by atoms with Crippen molar-refractivity contribution in [3.8, 4) is 0 Å². The van der Waals surface area contributed by atoms with Gasteiger partial charge in [-0.1, -0.05) is 0 Å². The lowest BCUT2D eigenvalue weighted by molar-refractivity contribution is -0.114. The Labute approximate surface area is 133 Å². The molecule has 0 aliphatic heterocycles. The van der Waals surface area contributed by atoms with Gasteiger partial charge in [0.1, 0.15) is 21.4 Å². The predicted molar refractivity (Wildman–Crippen MR) is 83.6 cm³/mol. The monoisotopic (exact) mass is 409 g/mol. The van der Waals surface area contributed by atoms with Gasteiger partial charge in [-0.15, -0.1) is 0 Å². The maximum absolute atomic E-state index is 11.9. The number of nitrogens with two attached hydrogens (primary N) is 1. The lowest BCUT2D eigenvalue weighted by Gasteiger charge is -2.23. The number of rotatable bonds is 5. The molecule has 2 rings (SSSR count). The number of H-pyrrole nitrogens is 1. The van der Waals surface area contributed by atoms with Crippen molar-refractivity contribution >= 4 is 39.6 Å². The van der Waals surface area contributed by atoms with Crippen molar-refractivity contribution in [1.29, 1.82) is 0 Å². The molecule has 5 N–H and O–H groups in total. The quantitative estimate of drug-likeness (QED) is 0.492. The number of fused-ring (bicyclic) bond motifs is 1. The van der Waals surface area contributed by atoms with Gasteiger partial charge in [-0.25, -0.2) is 4.68 Å². The average Bonchev–Trinajstić information content (AvgIpc) is 2.72. The predicted octanol–water partition coefficient (Wildman–Crippen LogP) is -0.417. The van der Waals surface area contributed by atoms with Gasteiger partial charge in [0, 0.05) is 0 Å². The number of aromatic amines is 1. The summed E-state index contributed by atoms with van der Waals surface area (Å²) in [6, 6.07) is 0. The summed E-state index contributed by atoms with van der Waals surface area (Å²) in [7, 11) is 0. The number of nitrogens with one attached hydrogen (secondary N) is 1. The van der Waals surface area contributed by atoms with Crippen molar-refractivity contribution < 1.29 is 14.9 Å². The Hall–Kier alpha value is -1.24. The minimum absolute atomic E-state index is 0.0218. The molecule has 2 heterocycles. The second-order valence-electron chi connectivity index (χ2n) is 4.58. The van der Waals surface area contributed by atoms with Crippen molar-refractivity contribution in [2.45, 2.75) is 32.3 Å². The van der Waals surface area contributed by atoms with Gasteiger partial charge in [-0.05, 0) is 36.4 Å². The standard InChI is InChI=1S/C11H16IN5O4/c1-4(19)6(3-18)21-5(2)17-9-7(8(12)16-17)10(20)15-11(13)14-9/h4-6,18-19H,3H2,1-2H3,(H3,13,14,15,20)/t4?,5?,6-/m1/s1. The molecule has 0 radical (unpaired) electrons. The number of nitrogens with zero attached hydrogens (tertiary/aromatic N) is 3. The SMILES string of the molecule is CC(O)[C@@H](CO)OC(C)n1nc(I)c2c(=O)[nH]c(N)nc21. The van der Waals surface area contributed by atoms with E-state index >= 15 is 0 Å². The summed E-state index contributed by atoms with van der Waals surface area (Å²) in [5, 5.41) is 23.2. The van der Waals surface area contributed by atoms with Crippen molar-refractivity contribution in [2.75, 3.05) is 12.3 Å². The summed E-state index contributed by atoms with van der Waals surface area (Å²) in [5.41, 5.74) is 5.46. The van der Waals surface area contributed by atoms with Crippen molar-refractivity contribution in [3.05, 3.63) is 14.1 Å². The maximum atomic E-state index is 11.9. The first-order chi connectivity index (χ1) is 9.85. The highest BCUT2D eigenvalue weighted by atomic mass is 127. The van der Waals surface area contributed by atoms with Gasteiger partial charge in [0.15, 0.2) is 5.65 Å². The molecular weight excluding hydrogens is 393 g/mol. The Morgan fingerprint density at radius 1 is 1.52 bits per heavy atom. The number of ether oxygens (including phenoxy) is 1. The van der Waals surface area contributed by atoms with Crippen LogP contribution in [0.1, 0.15) is 20.1 Å². The molecule has 0 saturated carbocycles. The molecule has 0 spiro atoms. The molecule has 21 heavy (non-hydrogen) atoms. The highest BCUT2D eigenvalue weighted by molar-refractivity contribution is 14.1. The number of aliphatic hydroxyl groups is 2. The second-order valence-corrected chi connectivity index (χ2v) is 5.60. The first kappa shape index (κ1) is 16.1. The van der Waals surface area contributed by atoms with E-state index < -0.39 is 18.4 Å². The number of hydrogen-bond acceptors (Lipinski definition) is 7. The molecule has 9 nitrogen and oxygen atoms in total. The van der Waals surface area contributed by atoms with Crippen LogP contribution in [0.15, 0.2) is 4.79 Å². The van der Waals surface area contributed by atoms with Crippen LogP contribution in [-0.4, -0.2) is 48.8 Å². The zero-order valence-corrected chi connectivity index (χ0v) is 13.6. The van der Waals surface area contributed by atoms with Crippen LogP contribution >= 0.6 is 22.6 Å². The highest BCUT2D eigenvalue weighted by Crippen LogP contribution is 2.21. The summed E-state index contributed by atoms with van der Waals surface area (Å²) in [5.74, 6) is -0.0218. The number of halogens is 1. The zero-order chi connectivity index (χ0) is 15.7. The lowest BCUT2D eigenvalue weighted by atomic mass is 10.2. The van der Waals surface area contributed by atoms with E-state index in [4.69, 9.17) is 10.5 Å². The normalized spacial score (nSPS) is 16.0. The Bertz CT molecular complexity index is 698. The fraction of sp³-hybridized carbons (Fsp3) is 0.545. The van der Waals surface area contributed by atoms with E-state index in [1.54, 1.807) is 6.92 Å². The zero-order valence-electron chi connectivity index (χ0n) is 11.4. The molecule has 0 bridgehead atoms. The average molecular weight is 409 g/mol. The van der Waals surface area contributed by atoms with Gasteiger partial charge in [-0.2, -0.15) is 10.1 Å². The van der Waals surface area contributed by atoms with Crippen molar-refractivity contribution in [1.82, 2.24) is 19.7 Å². The molecule has 0 saturated heterocycles. The van der Waals surface area contributed by atoms with Crippen molar-refractivity contribution in [2.24, 2.45) is 0 Å². The van der Waals surface area contributed by atoms with Crippen LogP contribution in [0.2, 0.25) is 0 Å². The number of aromatic nitrogens is 4. The minimum Gasteiger partial charge on any atom is -0.394 e. The molecule has 0 fully saturated rings. The van der Waals surface area contributed by atoms with Gasteiger partial charge in [0.25, 0.3) is 5.56 Å². The topological polar surface area (TPSA) is 139 Å². The molecular formula is C11H16IN5O4. The van der Waals surface area contributed by atoms with Gasteiger partial charge >= 0.3 is 0 Å². The lowest BCUT2D eigenvalue weighted by Crippen LogP contribution is -2.32. The molecule has 0 aromatic carbocycles. The summed E-state index contributed by atoms with van der Waals surface area (Å²) in [6.07, 6.45) is -2.26. The summed E-state index contributed by atoms with van der Waals surface area (Å²) in [6.45, 7) is 2.85. The second kappa shape index (κ2) is 6.25. The molecule has 2 aromatic heterocycles. The summed E-state index contributed by atoms with van der Waals surface area (Å²) < 4.78 is 7.41. The van der Waals surface area contributed by atoms with E-state index in [1.807, 2.05) is 22.6 Å². The number of aliphatic hydroxyl groups excluding tert-OH is 2. The Balaban J connectivity index is 2.45. The largest absolute Gasteiger partial charge is 0.394 e. The summed E-state index contributed by atoms with van der Waals surface area (Å²) in [4.78, 5) is 18.4. The van der Waals surface area contributed by atoms with E-state index in [9.17, 15) is 15.0 Å². The highest BCUT2D eigenvalue weighted by Gasteiger charge is 2.23. The number of anilines is 1. The van der Waals surface area contributed by atoms with Crippen LogP contribution in [0.25, 0.3) is 11.0 Å². The van der Waals surface area contributed by atoms with Crippen LogP contribution in [0.4, 0.5) is 5.95 Å². The molecule has 0 amide bonds. The Kier molecular flexibility index (Phi) is 4.81. The number of hydrogen-bond donors (Lipinski definition) is 4. The Morgan fingerprint density at radius 3 is 2.76 bits per heavy atom. The third-order valence-electron chi connectivity index (χ3n) is 2.97. The van der Waals surface area contributed by atoms with E-state index in [1.165, 1.54) is 11.6 Å². The molecule has 3 atom stereocenters. The van der Waals surface area contributed by atoms with E-state index in [-0.39, 0.29) is 23.8 Å². The summed E-state index contributed by atoms with van der Waals surface area (Å²) >= 11 is 1.92. The molecule has 0 aliphatic carbocycles. The Morgan fingerprint density at radius 2 is 2.19 bits per heavy atom. The van der Waals surface area contributed by atoms with Gasteiger partial charge in [-0.3, -0.25) is 9.78 Å². The minimum atomic E-state index is -0.847. The van der Waals surface area contributed by atoms with Crippen LogP contribution in [0.5, 0.6) is 0 Å². The third-order valence-corrected chi connectivity index (χ3v) is 3.73. The molecule has 2 aromatic rings. The van der Waals surface area contributed by atoms with Gasteiger partial charge in [0.05, 0.1) is 12.7 Å². The van der Waals surface area contributed by atoms with Crippen molar-refractivity contribution in [3.63, 3.8) is 0 Å². The van der Waals surface area contributed by atoms with Crippen LogP contribution in [0, 0.1) is 3.70 Å². The first-order valence-corrected chi connectivity index (χ1v) is 7.31. The van der Waals surface area contributed by atoms with Crippen LogP contribution < -0.4 is 11.3 Å². The third kappa shape index (κ3) is 3.17. The van der Waals surface area contributed by atoms with Crippen LogP contribution in [-0.2, 0) is 4.74 Å². The van der Waals surface area contributed by atoms with E-state index in [2.05, 4.69) is 15.1 Å². The molecule has 0 aliphatic rings. The molecule has 116 valence electrons. The molecule has 10 heteroatoms. The molecule has 2 unspecified atom stereocenters. The fourth-order valence-corrected chi connectivity index (χ4v) is 2.61. The maximum Gasteiger partial charge on any atom is 0.264 e. The van der Waals surface area contributed by atoms with Gasteiger partial charge in [0.2, 0.25) is 5.95 Å². The van der Waals surface area contributed by atoms with E-state index in [0.29, 0.717) is 9.09 Å². The first-order valence-electron chi connectivity index (χ1n) is 6.23. The van der Waals surface area contributed by atoms with Gasteiger partial charge < -0.3 is 20.7 Å². The smallest absolute Gasteiger partial charge is 0.264 e. The van der Waals surface area contributed by atoms with E-state index in [0.717, 1.165) is 0 Å².